The zero-order valence-corrected chi connectivity index (χ0v) is 22.2. The predicted molar refractivity (Wildman–Crippen MR) is 154 cm³/mol. The highest BCUT2D eigenvalue weighted by Crippen LogP contribution is 2.42. The van der Waals surface area contributed by atoms with Crippen molar-refractivity contribution in [2.24, 2.45) is 0 Å². The topological polar surface area (TPSA) is 43.9 Å². The van der Waals surface area contributed by atoms with Gasteiger partial charge in [0, 0.05) is 62.6 Å². The third-order valence-electron chi connectivity index (χ3n) is 7.24. The Bertz CT molecular complexity index is 1380. The van der Waals surface area contributed by atoms with Gasteiger partial charge >= 0.3 is 0 Å². The molecule has 1 aliphatic heterocycles. The van der Waals surface area contributed by atoms with Crippen molar-refractivity contribution in [2.75, 3.05) is 44.5 Å². The Labute approximate surface area is 218 Å². The molecule has 5 nitrogen and oxygen atoms in total. The van der Waals surface area contributed by atoms with Gasteiger partial charge in [-0.25, -0.2) is 0 Å². The van der Waals surface area contributed by atoms with E-state index >= 15 is 0 Å². The molecule has 37 heavy (non-hydrogen) atoms. The number of amides is 2. The molecule has 1 heterocycles. The number of hydrogen-bond donors (Lipinski definition) is 0. The van der Waals surface area contributed by atoms with E-state index in [-0.39, 0.29) is 11.8 Å². The van der Waals surface area contributed by atoms with E-state index in [0.29, 0.717) is 17.7 Å². The van der Waals surface area contributed by atoms with Crippen LogP contribution >= 0.6 is 0 Å². The number of carbonyl (C=O) groups is 2. The number of benzene rings is 4. The summed E-state index contributed by atoms with van der Waals surface area (Å²) in [7, 11) is 8.09. The summed E-state index contributed by atoms with van der Waals surface area (Å²) >= 11 is 0. The second-order valence-corrected chi connectivity index (χ2v) is 10.1. The molecule has 0 radical (unpaired) electrons. The molecule has 0 unspecified atom stereocenters. The molecule has 0 atom stereocenters. The van der Waals surface area contributed by atoms with E-state index in [4.69, 9.17) is 0 Å². The fraction of sp³-hybridized carbons (Fsp3) is 0.250. The maximum Gasteiger partial charge on any atom is 0.261 e. The number of rotatable bonds is 7. The summed E-state index contributed by atoms with van der Waals surface area (Å²) in [6.07, 6.45) is 1.71. The summed E-state index contributed by atoms with van der Waals surface area (Å²) in [4.78, 5) is 32.7. The van der Waals surface area contributed by atoms with Crippen molar-refractivity contribution in [3.63, 3.8) is 0 Å². The predicted octanol–water partition coefficient (Wildman–Crippen LogP) is 6.70. The van der Waals surface area contributed by atoms with E-state index in [2.05, 4.69) is 65.3 Å². The van der Waals surface area contributed by atoms with Crippen LogP contribution in [0, 0.1) is 0 Å². The molecule has 5 rings (SSSR count). The van der Waals surface area contributed by atoms with Gasteiger partial charge in [-0.15, -0.1) is 0 Å². The summed E-state index contributed by atoms with van der Waals surface area (Å²) in [5.41, 5.74) is 7.55. The molecule has 0 saturated heterocycles. The first-order valence-electron chi connectivity index (χ1n) is 12.8. The van der Waals surface area contributed by atoms with Crippen LogP contribution in [0.3, 0.4) is 0 Å². The highest BCUT2D eigenvalue weighted by molar-refractivity contribution is 6.28. The molecule has 4 aromatic carbocycles. The number of carbonyl (C=O) groups excluding carboxylic acids is 2. The molecule has 4 aromatic rings. The number of anilines is 2. The van der Waals surface area contributed by atoms with E-state index in [0.717, 1.165) is 57.2 Å². The van der Waals surface area contributed by atoms with E-state index in [1.807, 2.05) is 52.5 Å². The Morgan fingerprint density at radius 3 is 1.32 bits per heavy atom. The van der Waals surface area contributed by atoms with Crippen molar-refractivity contribution in [1.82, 2.24) is 4.90 Å². The Morgan fingerprint density at radius 2 is 0.946 bits per heavy atom. The summed E-state index contributed by atoms with van der Waals surface area (Å²) < 4.78 is 0. The molecule has 0 aliphatic carbocycles. The third-order valence-corrected chi connectivity index (χ3v) is 7.24. The second-order valence-electron chi connectivity index (χ2n) is 10.1. The molecule has 0 N–H and O–H groups in total. The second kappa shape index (κ2) is 9.74. The van der Waals surface area contributed by atoms with Crippen molar-refractivity contribution in [3.8, 4) is 22.3 Å². The molecule has 5 heteroatoms. The average Bonchev–Trinajstić information content (AvgIpc) is 2.91. The van der Waals surface area contributed by atoms with Gasteiger partial charge in [-0.1, -0.05) is 49.7 Å². The van der Waals surface area contributed by atoms with Crippen LogP contribution in [0.1, 0.15) is 40.5 Å². The summed E-state index contributed by atoms with van der Waals surface area (Å²) in [6.45, 7) is 2.51. The SMILES string of the molecule is CCCCN1C(=O)c2ccc(-c3ccc(N(C)C)cc3)c3c(-c4ccc(N(C)C)cc4)ccc(c23)C1=O. The largest absolute Gasteiger partial charge is 0.378 e. The molecule has 2 amide bonds. The van der Waals surface area contributed by atoms with E-state index in [1.54, 1.807) is 0 Å². The Morgan fingerprint density at radius 1 is 0.568 bits per heavy atom. The van der Waals surface area contributed by atoms with E-state index < -0.39 is 0 Å². The maximum absolute atomic E-state index is 13.5. The Hall–Kier alpha value is -4.12. The van der Waals surface area contributed by atoms with Crippen LogP contribution in [-0.4, -0.2) is 51.4 Å². The first kappa shape index (κ1) is 24.6. The molecule has 0 bridgehead atoms. The Kier molecular flexibility index (Phi) is 6.46. The van der Waals surface area contributed by atoms with Gasteiger partial charge in [-0.2, -0.15) is 0 Å². The lowest BCUT2D eigenvalue weighted by atomic mass is 9.84. The van der Waals surface area contributed by atoms with Gasteiger partial charge in [0.1, 0.15) is 0 Å². The van der Waals surface area contributed by atoms with Crippen LogP contribution in [-0.2, 0) is 0 Å². The summed E-state index contributed by atoms with van der Waals surface area (Å²) in [5, 5.41) is 1.70. The molecule has 188 valence electrons. The van der Waals surface area contributed by atoms with E-state index in [9.17, 15) is 9.59 Å². The Balaban J connectivity index is 1.78. The van der Waals surface area contributed by atoms with Crippen molar-refractivity contribution in [2.45, 2.75) is 19.8 Å². The van der Waals surface area contributed by atoms with Crippen molar-refractivity contribution < 1.29 is 9.59 Å². The fourth-order valence-corrected chi connectivity index (χ4v) is 5.11. The molecule has 0 fully saturated rings. The highest BCUT2D eigenvalue weighted by atomic mass is 16.2. The van der Waals surface area contributed by atoms with Crippen LogP contribution in [0.15, 0.2) is 72.8 Å². The lowest BCUT2D eigenvalue weighted by molar-refractivity contribution is 0.0608. The third kappa shape index (κ3) is 4.25. The summed E-state index contributed by atoms with van der Waals surface area (Å²) in [6, 6.07) is 24.7. The molecule has 0 aromatic heterocycles. The van der Waals surface area contributed by atoms with E-state index in [1.165, 1.54) is 4.90 Å². The number of imide groups is 1. The fourth-order valence-electron chi connectivity index (χ4n) is 5.11. The zero-order valence-electron chi connectivity index (χ0n) is 22.2. The average molecular weight is 492 g/mol. The van der Waals surface area contributed by atoms with Crippen LogP contribution in [0.2, 0.25) is 0 Å². The monoisotopic (exact) mass is 491 g/mol. The van der Waals surface area contributed by atoms with Crippen LogP contribution in [0.4, 0.5) is 11.4 Å². The van der Waals surface area contributed by atoms with Crippen LogP contribution < -0.4 is 9.80 Å². The van der Waals surface area contributed by atoms with Gasteiger partial charge < -0.3 is 9.80 Å². The number of hydrogen-bond acceptors (Lipinski definition) is 4. The van der Waals surface area contributed by atoms with Gasteiger partial charge in [0.05, 0.1) is 0 Å². The minimum Gasteiger partial charge on any atom is -0.378 e. The minimum absolute atomic E-state index is 0.203. The molecular formula is C32H33N3O2. The minimum atomic E-state index is -0.203. The standard InChI is InChI=1S/C32H33N3O2/c1-6-7-20-35-31(36)27-18-16-25(21-8-12-23(13-9-21)33(2)3)29-26(17-19-28(30(27)29)32(35)37)22-10-14-24(15-11-22)34(4)5/h8-19H,6-7,20H2,1-5H3. The highest BCUT2D eigenvalue weighted by Gasteiger charge is 2.34. The van der Waals surface area contributed by atoms with Gasteiger partial charge in [-0.3, -0.25) is 14.5 Å². The molecule has 0 saturated carbocycles. The lowest BCUT2D eigenvalue weighted by Gasteiger charge is -2.29. The smallest absolute Gasteiger partial charge is 0.261 e. The van der Waals surface area contributed by atoms with Crippen molar-refractivity contribution in [3.05, 3.63) is 83.9 Å². The molecular weight excluding hydrogens is 458 g/mol. The van der Waals surface area contributed by atoms with Gasteiger partial charge in [0.2, 0.25) is 0 Å². The van der Waals surface area contributed by atoms with Crippen LogP contribution in [0.5, 0.6) is 0 Å². The molecule has 0 spiro atoms. The van der Waals surface area contributed by atoms with Crippen molar-refractivity contribution in [1.29, 1.82) is 0 Å². The number of nitrogens with zero attached hydrogens (tertiary/aromatic N) is 3. The maximum atomic E-state index is 13.5. The molecule has 1 aliphatic rings. The van der Waals surface area contributed by atoms with Gasteiger partial charge in [0.15, 0.2) is 0 Å². The first-order valence-corrected chi connectivity index (χ1v) is 12.8. The summed E-state index contributed by atoms with van der Waals surface area (Å²) in [5.74, 6) is -0.406. The number of unbranched alkanes of at least 4 members (excludes halogenated alkanes) is 1. The van der Waals surface area contributed by atoms with Crippen molar-refractivity contribution >= 4 is 34.0 Å². The normalized spacial score (nSPS) is 12.8. The quantitative estimate of drug-likeness (QED) is 0.270. The van der Waals surface area contributed by atoms with Crippen LogP contribution in [0.25, 0.3) is 33.0 Å². The van der Waals surface area contributed by atoms with Gasteiger partial charge in [-0.05, 0) is 70.5 Å². The first-order chi connectivity index (χ1) is 17.8. The zero-order chi connectivity index (χ0) is 26.3. The lowest BCUT2D eigenvalue weighted by Crippen LogP contribution is -2.40. The van der Waals surface area contributed by atoms with Gasteiger partial charge in [0.25, 0.3) is 11.8 Å².